The van der Waals surface area contributed by atoms with Crippen molar-refractivity contribution < 1.29 is 14.7 Å². The summed E-state index contributed by atoms with van der Waals surface area (Å²) in [6, 6.07) is -0.399. The highest BCUT2D eigenvalue weighted by molar-refractivity contribution is 5.77. The summed E-state index contributed by atoms with van der Waals surface area (Å²) in [6.07, 6.45) is 40.4. The number of amides is 2. The second-order valence-corrected chi connectivity index (χ2v) is 13.7. The Hall–Kier alpha value is -1.10. The molecule has 0 aromatic heterocycles. The monoisotopic (exact) mass is 623 g/mol. The molecule has 0 aliphatic rings. The van der Waals surface area contributed by atoms with Crippen LogP contribution < -0.4 is 10.6 Å². The van der Waals surface area contributed by atoms with E-state index in [1.54, 1.807) is 0 Å². The van der Waals surface area contributed by atoms with Crippen LogP contribution in [0.15, 0.2) is 0 Å². The highest BCUT2D eigenvalue weighted by Crippen LogP contribution is 2.15. The zero-order valence-corrected chi connectivity index (χ0v) is 29.9. The largest absolute Gasteiger partial charge is 0.394 e. The van der Waals surface area contributed by atoms with E-state index in [1.165, 1.54) is 167 Å². The van der Waals surface area contributed by atoms with Crippen LogP contribution in [0, 0.1) is 0 Å². The lowest BCUT2D eigenvalue weighted by Gasteiger charge is -2.17. The Balaban J connectivity index is 3.49. The van der Waals surface area contributed by atoms with Crippen molar-refractivity contribution in [2.75, 3.05) is 13.2 Å². The molecular formula is C39H78N2O3. The van der Waals surface area contributed by atoms with E-state index >= 15 is 0 Å². The van der Waals surface area contributed by atoms with Gasteiger partial charge in [-0.2, -0.15) is 0 Å². The molecule has 5 nitrogen and oxygen atoms in total. The van der Waals surface area contributed by atoms with E-state index in [-0.39, 0.29) is 18.4 Å². The molecular weight excluding hydrogens is 544 g/mol. The molecule has 0 aromatic rings. The van der Waals surface area contributed by atoms with Crippen molar-refractivity contribution in [1.82, 2.24) is 10.6 Å². The third kappa shape index (κ3) is 33.8. The molecule has 262 valence electrons. The molecule has 0 saturated heterocycles. The highest BCUT2D eigenvalue weighted by Gasteiger charge is 2.12. The quantitative estimate of drug-likeness (QED) is 0.0608. The summed E-state index contributed by atoms with van der Waals surface area (Å²) in [7, 11) is 0. The Morgan fingerprint density at radius 3 is 1.00 bits per heavy atom. The average Bonchev–Trinajstić information content (AvgIpc) is 3.02. The van der Waals surface area contributed by atoms with Crippen molar-refractivity contribution in [1.29, 1.82) is 0 Å². The van der Waals surface area contributed by atoms with Gasteiger partial charge in [0.1, 0.15) is 0 Å². The molecule has 0 heterocycles. The fourth-order valence-corrected chi connectivity index (χ4v) is 6.10. The Morgan fingerprint density at radius 2 is 0.705 bits per heavy atom. The van der Waals surface area contributed by atoms with Gasteiger partial charge in [-0.15, -0.1) is 0 Å². The highest BCUT2D eigenvalue weighted by atomic mass is 16.3. The number of hydrogen-bond donors (Lipinski definition) is 3. The SMILES string of the molecule is CCCCCCCCCCCCCCCCCC(=O)NC[C@H](CO)NC(=O)CCCCCCCCCCCCCCCCC. The van der Waals surface area contributed by atoms with E-state index < -0.39 is 6.04 Å². The van der Waals surface area contributed by atoms with Crippen LogP contribution in [-0.4, -0.2) is 36.1 Å². The maximum absolute atomic E-state index is 12.3. The fraction of sp³-hybridized carbons (Fsp3) is 0.949. The van der Waals surface area contributed by atoms with Crippen molar-refractivity contribution in [2.45, 2.75) is 225 Å². The first kappa shape index (κ1) is 42.9. The van der Waals surface area contributed by atoms with Gasteiger partial charge in [0.15, 0.2) is 0 Å². The van der Waals surface area contributed by atoms with Gasteiger partial charge in [-0.3, -0.25) is 9.59 Å². The molecule has 0 aromatic carbocycles. The molecule has 5 heteroatoms. The minimum Gasteiger partial charge on any atom is -0.394 e. The predicted molar refractivity (Wildman–Crippen MR) is 191 cm³/mol. The van der Waals surface area contributed by atoms with E-state index in [4.69, 9.17) is 0 Å². The molecule has 0 saturated carbocycles. The molecule has 0 bridgehead atoms. The number of aliphatic hydroxyl groups is 1. The van der Waals surface area contributed by atoms with Crippen LogP contribution in [0.5, 0.6) is 0 Å². The molecule has 44 heavy (non-hydrogen) atoms. The Kier molecular flexibility index (Phi) is 35.5. The van der Waals surface area contributed by atoms with Gasteiger partial charge >= 0.3 is 0 Å². The van der Waals surface area contributed by atoms with Crippen molar-refractivity contribution in [3.8, 4) is 0 Å². The van der Waals surface area contributed by atoms with Gasteiger partial charge in [0.25, 0.3) is 0 Å². The van der Waals surface area contributed by atoms with Crippen LogP contribution in [0.1, 0.15) is 219 Å². The van der Waals surface area contributed by atoms with Crippen molar-refractivity contribution in [3.05, 3.63) is 0 Å². The average molecular weight is 623 g/mol. The number of aliphatic hydroxyl groups excluding tert-OH is 1. The summed E-state index contributed by atoms with van der Waals surface area (Å²) in [5.74, 6) is 0.00482. The topological polar surface area (TPSA) is 78.4 Å². The zero-order valence-electron chi connectivity index (χ0n) is 29.9. The van der Waals surface area contributed by atoms with Crippen molar-refractivity contribution in [3.63, 3.8) is 0 Å². The van der Waals surface area contributed by atoms with Crippen LogP contribution in [0.2, 0.25) is 0 Å². The van der Waals surface area contributed by atoms with Gasteiger partial charge in [0.2, 0.25) is 11.8 Å². The van der Waals surface area contributed by atoms with Crippen LogP contribution >= 0.6 is 0 Å². The molecule has 2 amide bonds. The summed E-state index contributed by atoms with van der Waals surface area (Å²) in [4.78, 5) is 24.5. The fourth-order valence-electron chi connectivity index (χ4n) is 6.10. The Bertz CT molecular complexity index is 598. The summed E-state index contributed by atoms with van der Waals surface area (Å²) in [5.41, 5.74) is 0. The molecule has 0 radical (unpaired) electrons. The van der Waals surface area contributed by atoms with Gasteiger partial charge in [0, 0.05) is 19.4 Å². The van der Waals surface area contributed by atoms with Gasteiger partial charge in [-0.25, -0.2) is 0 Å². The number of nitrogens with one attached hydrogen (secondary N) is 2. The first-order valence-electron chi connectivity index (χ1n) is 19.8. The molecule has 0 rings (SSSR count). The lowest BCUT2D eigenvalue weighted by atomic mass is 10.0. The minimum atomic E-state index is -0.399. The summed E-state index contributed by atoms with van der Waals surface area (Å²) >= 11 is 0. The molecule has 0 spiro atoms. The van der Waals surface area contributed by atoms with Crippen molar-refractivity contribution >= 4 is 11.8 Å². The maximum Gasteiger partial charge on any atom is 0.220 e. The van der Waals surface area contributed by atoms with Crippen molar-refractivity contribution in [2.24, 2.45) is 0 Å². The van der Waals surface area contributed by atoms with E-state index in [2.05, 4.69) is 24.5 Å². The third-order valence-electron chi connectivity index (χ3n) is 9.15. The van der Waals surface area contributed by atoms with Gasteiger partial charge < -0.3 is 15.7 Å². The maximum atomic E-state index is 12.3. The van der Waals surface area contributed by atoms with E-state index in [0.717, 1.165) is 25.7 Å². The second kappa shape index (κ2) is 36.4. The number of carbonyl (C=O) groups is 2. The van der Waals surface area contributed by atoms with Gasteiger partial charge in [-0.05, 0) is 12.8 Å². The minimum absolute atomic E-state index is 0.0181. The molecule has 0 aliphatic carbocycles. The normalized spacial score (nSPS) is 12.0. The molecule has 0 aliphatic heterocycles. The van der Waals surface area contributed by atoms with Crippen LogP contribution in [0.4, 0.5) is 0 Å². The second-order valence-electron chi connectivity index (χ2n) is 13.7. The number of carbonyl (C=O) groups excluding carboxylic acids is 2. The Morgan fingerprint density at radius 1 is 0.432 bits per heavy atom. The first-order valence-corrected chi connectivity index (χ1v) is 19.8. The lowest BCUT2D eigenvalue weighted by molar-refractivity contribution is -0.124. The van der Waals surface area contributed by atoms with Crippen LogP contribution in [0.25, 0.3) is 0 Å². The Labute approximate surface area is 275 Å². The predicted octanol–water partition coefficient (Wildman–Crippen LogP) is 11.1. The smallest absolute Gasteiger partial charge is 0.220 e. The van der Waals surface area contributed by atoms with Gasteiger partial charge in [-0.1, -0.05) is 194 Å². The number of unbranched alkanes of at least 4 members (excludes halogenated alkanes) is 28. The summed E-state index contributed by atoms with van der Waals surface area (Å²) in [5, 5.41) is 15.4. The molecule has 1 atom stereocenters. The third-order valence-corrected chi connectivity index (χ3v) is 9.15. The molecule has 0 unspecified atom stereocenters. The van der Waals surface area contributed by atoms with E-state index in [1.807, 2.05) is 0 Å². The number of rotatable bonds is 36. The summed E-state index contributed by atoms with van der Waals surface area (Å²) in [6.45, 7) is 4.71. The van der Waals surface area contributed by atoms with E-state index in [0.29, 0.717) is 19.4 Å². The lowest BCUT2D eigenvalue weighted by Crippen LogP contribution is -2.45. The van der Waals surface area contributed by atoms with E-state index in [9.17, 15) is 14.7 Å². The summed E-state index contributed by atoms with van der Waals surface area (Å²) < 4.78 is 0. The van der Waals surface area contributed by atoms with Crippen LogP contribution in [0.3, 0.4) is 0 Å². The first-order chi connectivity index (χ1) is 21.6. The van der Waals surface area contributed by atoms with Crippen LogP contribution in [-0.2, 0) is 9.59 Å². The number of hydrogen-bond acceptors (Lipinski definition) is 3. The molecule has 0 fully saturated rings. The van der Waals surface area contributed by atoms with Gasteiger partial charge in [0.05, 0.1) is 12.6 Å². The zero-order chi connectivity index (χ0) is 32.2. The molecule has 3 N–H and O–H groups in total. The standard InChI is InChI=1S/C39H78N2O3/c1-3-5-7-9-11-13-15-17-19-21-23-25-27-29-31-33-38(43)40-35-37(36-42)41-39(44)34-32-30-28-26-24-22-20-18-16-14-12-10-8-6-4-2/h37,42H,3-36H2,1-2H3,(H,40,43)(H,41,44)/t37-/m1/s1.